The van der Waals surface area contributed by atoms with Crippen LogP contribution in [0.25, 0.3) is 35.7 Å². The molecule has 0 N–H and O–H groups in total. The van der Waals surface area contributed by atoms with Crippen molar-refractivity contribution in [2.45, 2.75) is 78.3 Å². The molecule has 0 unspecified atom stereocenters. The topological polar surface area (TPSA) is 141 Å². The van der Waals surface area contributed by atoms with Crippen LogP contribution in [0.2, 0.25) is 0 Å². The highest BCUT2D eigenvalue weighted by molar-refractivity contribution is 5.67. The summed E-state index contributed by atoms with van der Waals surface area (Å²) in [6, 6.07) is 18.4. The average Bonchev–Trinajstić information content (AvgIpc) is 4.16. The minimum atomic E-state index is -0.184. The zero-order valence-electron chi connectivity index (χ0n) is 37.7. The Morgan fingerprint density at radius 3 is 1.38 bits per heavy atom. The van der Waals surface area contributed by atoms with E-state index in [-0.39, 0.29) is 23.5 Å². The van der Waals surface area contributed by atoms with Gasteiger partial charge < -0.3 is 18.6 Å². The quantitative estimate of drug-likeness (QED) is 0.130. The lowest BCUT2D eigenvalue weighted by molar-refractivity contribution is 0.395. The van der Waals surface area contributed by atoms with Gasteiger partial charge in [-0.1, -0.05) is 24.3 Å². The molecule has 0 radical (unpaired) electrons. The van der Waals surface area contributed by atoms with Crippen LogP contribution >= 0.6 is 0 Å². The van der Waals surface area contributed by atoms with E-state index < -0.39 is 0 Å². The van der Waals surface area contributed by atoms with E-state index in [2.05, 4.69) is 30.1 Å². The van der Waals surface area contributed by atoms with Crippen LogP contribution in [0, 0.1) is 39.3 Å². The number of nitrogens with zero attached hydrogens (tertiary/aromatic N) is 12. The number of imidazole rings is 2. The van der Waals surface area contributed by atoms with Gasteiger partial charge in [0, 0.05) is 37.3 Å². The number of ether oxygens (including phenoxy) is 2. The van der Waals surface area contributed by atoms with Crippen molar-refractivity contribution in [3.05, 3.63) is 166 Å². The second kappa shape index (κ2) is 18.8. The lowest BCUT2D eigenvalue weighted by Crippen LogP contribution is -2.18. The number of benzene rings is 2. The number of hydrogen-bond donors (Lipinski definition) is 0. The number of halogens is 2. The summed E-state index contributed by atoms with van der Waals surface area (Å²) in [7, 11) is 3.21. The number of aromatic nitrogens is 12. The summed E-state index contributed by atoms with van der Waals surface area (Å²) in [6.45, 7) is 9.12. The van der Waals surface area contributed by atoms with Crippen LogP contribution in [0.3, 0.4) is 0 Å². The van der Waals surface area contributed by atoms with E-state index in [1.165, 1.54) is 12.1 Å². The minimum Gasteiger partial charge on any atom is -0.479 e. The summed E-state index contributed by atoms with van der Waals surface area (Å²) in [5, 5.41) is 9.33. The molecule has 6 aromatic heterocycles. The molecule has 336 valence electrons. The molecule has 2 aromatic carbocycles. The minimum absolute atomic E-state index is 0.115. The zero-order valence-corrected chi connectivity index (χ0v) is 37.7. The standard InChI is InChI=1S/2C25H25FN6O/c2*1-16-13-18(6-9-21(16)26)20-5-4-12-32-24(20)29-23(30-32)11-8-19-7-10-22(25(28-19)33-3)31-14-17(2)27-15-31/h2*6-11,13-15,20H,4-5,12H2,1-3H3/b2*11-8+/t2*20-/m10/s1. The molecule has 0 amide bonds. The smallest absolute Gasteiger partial charge is 0.238 e. The maximum absolute atomic E-state index is 13.7. The number of fused-ring (bicyclic) bond motifs is 2. The molecule has 0 saturated carbocycles. The summed E-state index contributed by atoms with van der Waals surface area (Å²) in [4.78, 5) is 27.3. The van der Waals surface area contributed by atoms with Crippen molar-refractivity contribution in [3.63, 3.8) is 0 Å². The molecule has 0 saturated heterocycles. The summed E-state index contributed by atoms with van der Waals surface area (Å²) < 4.78 is 46.2. The van der Waals surface area contributed by atoms with Gasteiger partial charge in [0.15, 0.2) is 11.6 Å². The predicted molar refractivity (Wildman–Crippen MR) is 248 cm³/mol. The fraction of sp³-hybridized carbons (Fsp3) is 0.280. The van der Waals surface area contributed by atoms with Crippen molar-refractivity contribution in [1.82, 2.24) is 58.6 Å². The highest BCUT2D eigenvalue weighted by Gasteiger charge is 2.27. The van der Waals surface area contributed by atoms with Gasteiger partial charge in [0.25, 0.3) is 0 Å². The largest absolute Gasteiger partial charge is 0.479 e. The van der Waals surface area contributed by atoms with Crippen LogP contribution in [0.5, 0.6) is 11.8 Å². The fourth-order valence-electron chi connectivity index (χ4n) is 8.48. The second-order valence-corrected chi connectivity index (χ2v) is 16.5. The first-order valence-electron chi connectivity index (χ1n) is 21.9. The molecule has 0 aliphatic carbocycles. The Morgan fingerprint density at radius 2 is 1.00 bits per heavy atom. The Morgan fingerprint density at radius 1 is 0.561 bits per heavy atom. The van der Waals surface area contributed by atoms with Gasteiger partial charge >= 0.3 is 0 Å². The molecule has 14 nitrogen and oxygen atoms in total. The zero-order chi connectivity index (χ0) is 45.9. The van der Waals surface area contributed by atoms with Crippen molar-refractivity contribution in [3.8, 4) is 23.1 Å². The SMILES string of the molecule is COc1nc(/C=C/c2nc3n(n2)CCC[C@@H]3c2ccc(F)c(C)c2)ccc1-n1cnc(C)c1.COc1nc(/C=C/c2nc3n(n2)CCC[C@H]3c2ccc(F)c(C)c2)ccc1-n1cnc(C)c1. The molecule has 10 rings (SSSR count). The van der Waals surface area contributed by atoms with Crippen LogP contribution < -0.4 is 9.47 Å². The van der Waals surface area contributed by atoms with E-state index in [1.54, 1.807) is 40.7 Å². The Bertz CT molecular complexity index is 2880. The van der Waals surface area contributed by atoms with E-state index in [0.717, 1.165) is 95.7 Å². The number of aryl methyl sites for hydroxylation is 6. The molecule has 2 aliphatic rings. The summed E-state index contributed by atoms with van der Waals surface area (Å²) in [6.07, 6.45) is 18.8. The molecule has 8 aromatic rings. The van der Waals surface area contributed by atoms with Gasteiger partial charge in [-0.2, -0.15) is 10.2 Å². The van der Waals surface area contributed by atoms with Crippen molar-refractivity contribution >= 4 is 24.3 Å². The lowest BCUT2D eigenvalue weighted by atomic mass is 9.90. The number of pyridine rings is 2. The van der Waals surface area contributed by atoms with Crippen LogP contribution in [0.4, 0.5) is 8.78 Å². The summed E-state index contributed by atoms with van der Waals surface area (Å²) in [5.74, 6) is 3.99. The molecule has 2 aliphatic heterocycles. The molecule has 2 atom stereocenters. The Labute approximate surface area is 381 Å². The normalized spacial score (nSPS) is 15.7. The monoisotopic (exact) mass is 888 g/mol. The predicted octanol–water partition coefficient (Wildman–Crippen LogP) is 9.44. The van der Waals surface area contributed by atoms with Gasteiger partial charge in [-0.25, -0.2) is 48.0 Å². The number of methoxy groups -OCH3 is 2. The maximum atomic E-state index is 13.7. The van der Waals surface area contributed by atoms with Gasteiger partial charge in [-0.15, -0.1) is 0 Å². The van der Waals surface area contributed by atoms with Gasteiger partial charge in [0.05, 0.1) is 49.6 Å². The summed E-state index contributed by atoms with van der Waals surface area (Å²) >= 11 is 0. The first kappa shape index (κ1) is 43.6. The van der Waals surface area contributed by atoms with E-state index in [4.69, 9.17) is 19.4 Å². The average molecular weight is 889 g/mol. The molecule has 0 spiro atoms. The number of rotatable bonds is 10. The number of hydrogen-bond acceptors (Lipinski definition) is 10. The van der Waals surface area contributed by atoms with Crippen molar-refractivity contribution in [1.29, 1.82) is 0 Å². The third-order valence-electron chi connectivity index (χ3n) is 11.8. The van der Waals surface area contributed by atoms with Crippen LogP contribution in [0.15, 0.2) is 85.7 Å². The molecular formula is C50H50F2N12O2. The fourth-order valence-corrected chi connectivity index (χ4v) is 8.48. The second-order valence-electron chi connectivity index (χ2n) is 16.5. The lowest BCUT2D eigenvalue weighted by Gasteiger charge is -2.22. The molecule has 16 heteroatoms. The summed E-state index contributed by atoms with van der Waals surface area (Å²) in [5.41, 5.74) is 8.43. The molecular weight excluding hydrogens is 839 g/mol. The third-order valence-corrected chi connectivity index (χ3v) is 11.8. The van der Waals surface area contributed by atoms with Crippen LogP contribution in [-0.2, 0) is 13.1 Å². The van der Waals surface area contributed by atoms with E-state index in [0.29, 0.717) is 34.5 Å². The first-order valence-corrected chi connectivity index (χ1v) is 21.9. The highest BCUT2D eigenvalue weighted by Crippen LogP contribution is 2.35. The Hall–Kier alpha value is -7.62. The van der Waals surface area contributed by atoms with Crippen LogP contribution in [-0.4, -0.2) is 72.8 Å². The maximum Gasteiger partial charge on any atom is 0.238 e. The highest BCUT2D eigenvalue weighted by atomic mass is 19.1. The van der Waals surface area contributed by atoms with E-state index in [9.17, 15) is 8.78 Å². The Kier molecular flexibility index (Phi) is 12.5. The van der Waals surface area contributed by atoms with E-state index >= 15 is 0 Å². The first-order chi connectivity index (χ1) is 32.0. The Balaban J connectivity index is 0.000000166. The van der Waals surface area contributed by atoms with Crippen molar-refractivity contribution in [2.75, 3.05) is 14.2 Å². The van der Waals surface area contributed by atoms with Crippen molar-refractivity contribution < 1.29 is 18.3 Å². The van der Waals surface area contributed by atoms with Gasteiger partial charge in [0.1, 0.15) is 34.7 Å². The molecule has 66 heavy (non-hydrogen) atoms. The van der Waals surface area contributed by atoms with Crippen molar-refractivity contribution in [2.24, 2.45) is 0 Å². The van der Waals surface area contributed by atoms with Gasteiger partial charge in [-0.3, -0.25) is 0 Å². The third kappa shape index (κ3) is 9.30. The van der Waals surface area contributed by atoms with Crippen LogP contribution in [0.1, 0.15) is 106 Å². The molecule has 0 fully saturated rings. The molecule has 0 bridgehead atoms. The van der Waals surface area contributed by atoms with Gasteiger partial charge in [0.2, 0.25) is 11.8 Å². The van der Waals surface area contributed by atoms with E-state index in [1.807, 2.05) is 118 Å². The molecule has 8 heterocycles. The van der Waals surface area contributed by atoms with Gasteiger partial charge in [-0.05, 0) is 136 Å².